The van der Waals surface area contributed by atoms with E-state index in [0.717, 1.165) is 18.4 Å². The van der Waals surface area contributed by atoms with Crippen molar-refractivity contribution in [2.45, 2.75) is 46.1 Å². The predicted octanol–water partition coefficient (Wildman–Crippen LogP) is 2.63. The zero-order valence-corrected chi connectivity index (χ0v) is 9.84. The molecule has 84 valence electrons. The molecule has 0 amide bonds. The highest BCUT2D eigenvalue weighted by molar-refractivity contribution is 6.00. The number of allylic oxidation sites excluding steroid dienone is 2. The van der Waals surface area contributed by atoms with Crippen molar-refractivity contribution in [1.82, 2.24) is 0 Å². The first-order valence-corrected chi connectivity index (χ1v) is 5.43. The Morgan fingerprint density at radius 2 is 2.20 bits per heavy atom. The van der Waals surface area contributed by atoms with Crippen LogP contribution in [-0.4, -0.2) is 17.0 Å². The Kier molecular flexibility index (Phi) is 3.50. The average molecular weight is 208 g/mol. The van der Waals surface area contributed by atoms with Gasteiger partial charge in [-0.15, -0.1) is 6.58 Å². The SMILES string of the molecule is C=CCCC1=C(C)C(=O)C(O)CC1(C)C. The summed E-state index contributed by atoms with van der Waals surface area (Å²) in [5, 5.41) is 9.62. The molecule has 0 spiro atoms. The van der Waals surface area contributed by atoms with E-state index in [1.807, 2.05) is 13.0 Å². The number of hydrogen-bond acceptors (Lipinski definition) is 2. The predicted molar refractivity (Wildman–Crippen MR) is 61.5 cm³/mol. The van der Waals surface area contributed by atoms with Crippen molar-refractivity contribution in [2.75, 3.05) is 0 Å². The fourth-order valence-electron chi connectivity index (χ4n) is 2.38. The van der Waals surface area contributed by atoms with Gasteiger partial charge in [0.2, 0.25) is 0 Å². The van der Waals surface area contributed by atoms with Crippen molar-refractivity contribution < 1.29 is 9.90 Å². The lowest BCUT2D eigenvalue weighted by Gasteiger charge is -2.36. The summed E-state index contributed by atoms with van der Waals surface area (Å²) in [4.78, 5) is 11.7. The van der Waals surface area contributed by atoms with Gasteiger partial charge in [-0.3, -0.25) is 4.79 Å². The van der Waals surface area contributed by atoms with Gasteiger partial charge >= 0.3 is 0 Å². The fourth-order valence-corrected chi connectivity index (χ4v) is 2.38. The maximum Gasteiger partial charge on any atom is 0.186 e. The van der Waals surface area contributed by atoms with Gasteiger partial charge in [-0.25, -0.2) is 0 Å². The molecule has 1 unspecified atom stereocenters. The van der Waals surface area contributed by atoms with Crippen LogP contribution in [0.2, 0.25) is 0 Å². The number of aliphatic hydroxyl groups is 1. The monoisotopic (exact) mass is 208 g/mol. The van der Waals surface area contributed by atoms with Gasteiger partial charge in [0.1, 0.15) is 6.10 Å². The Morgan fingerprint density at radius 3 is 2.73 bits per heavy atom. The second-order valence-electron chi connectivity index (χ2n) is 4.90. The molecule has 15 heavy (non-hydrogen) atoms. The minimum Gasteiger partial charge on any atom is -0.385 e. The molecule has 0 heterocycles. The highest BCUT2D eigenvalue weighted by Gasteiger charge is 2.37. The first-order valence-electron chi connectivity index (χ1n) is 5.43. The van der Waals surface area contributed by atoms with Crippen LogP contribution in [-0.2, 0) is 4.79 Å². The summed E-state index contributed by atoms with van der Waals surface area (Å²) in [5.41, 5.74) is 1.86. The summed E-state index contributed by atoms with van der Waals surface area (Å²) >= 11 is 0. The fraction of sp³-hybridized carbons (Fsp3) is 0.615. The minimum absolute atomic E-state index is 0.0690. The van der Waals surface area contributed by atoms with Gasteiger partial charge < -0.3 is 5.11 Å². The Labute approximate surface area is 91.7 Å². The van der Waals surface area contributed by atoms with E-state index in [0.29, 0.717) is 6.42 Å². The molecule has 0 radical (unpaired) electrons. The van der Waals surface area contributed by atoms with Gasteiger partial charge in [0.05, 0.1) is 0 Å². The maximum atomic E-state index is 11.7. The number of Topliss-reactive ketones (excluding diaryl/α,β-unsaturated/α-hetero) is 1. The molecule has 1 atom stereocenters. The molecule has 1 aliphatic carbocycles. The summed E-state index contributed by atoms with van der Waals surface area (Å²) in [6.07, 6.45) is 3.36. The maximum absolute atomic E-state index is 11.7. The molecule has 0 bridgehead atoms. The number of hydrogen-bond donors (Lipinski definition) is 1. The van der Waals surface area contributed by atoms with Crippen molar-refractivity contribution >= 4 is 5.78 Å². The van der Waals surface area contributed by atoms with E-state index in [1.54, 1.807) is 0 Å². The van der Waals surface area contributed by atoms with Gasteiger partial charge in [0, 0.05) is 0 Å². The quantitative estimate of drug-likeness (QED) is 0.724. The van der Waals surface area contributed by atoms with Gasteiger partial charge in [0.25, 0.3) is 0 Å². The Morgan fingerprint density at radius 1 is 1.60 bits per heavy atom. The minimum atomic E-state index is -0.813. The molecule has 1 rings (SSSR count). The van der Waals surface area contributed by atoms with Crippen molar-refractivity contribution in [3.63, 3.8) is 0 Å². The van der Waals surface area contributed by atoms with Crippen molar-refractivity contribution in [1.29, 1.82) is 0 Å². The summed E-state index contributed by atoms with van der Waals surface area (Å²) in [7, 11) is 0. The zero-order valence-electron chi connectivity index (χ0n) is 9.84. The first-order chi connectivity index (χ1) is 6.90. The van der Waals surface area contributed by atoms with Gasteiger partial charge in [0.15, 0.2) is 5.78 Å². The van der Waals surface area contributed by atoms with E-state index in [2.05, 4.69) is 20.4 Å². The van der Waals surface area contributed by atoms with E-state index < -0.39 is 6.10 Å². The number of carbonyl (C=O) groups excluding carboxylic acids is 1. The summed E-state index contributed by atoms with van der Waals surface area (Å²) < 4.78 is 0. The first kappa shape index (κ1) is 12.2. The third-order valence-electron chi connectivity index (χ3n) is 3.24. The lowest BCUT2D eigenvalue weighted by Crippen LogP contribution is -2.36. The molecule has 0 aliphatic heterocycles. The Balaban J connectivity index is 3.04. The highest BCUT2D eigenvalue weighted by atomic mass is 16.3. The van der Waals surface area contributed by atoms with Crippen LogP contribution < -0.4 is 0 Å². The number of aliphatic hydroxyl groups excluding tert-OH is 1. The second kappa shape index (κ2) is 4.31. The summed E-state index contributed by atoms with van der Waals surface area (Å²) in [5.74, 6) is -0.103. The van der Waals surface area contributed by atoms with E-state index >= 15 is 0 Å². The van der Waals surface area contributed by atoms with Crippen molar-refractivity contribution in [3.8, 4) is 0 Å². The van der Waals surface area contributed by atoms with E-state index in [9.17, 15) is 9.90 Å². The lowest BCUT2D eigenvalue weighted by atomic mass is 9.70. The third kappa shape index (κ3) is 2.37. The highest BCUT2D eigenvalue weighted by Crippen LogP contribution is 2.41. The number of carbonyl (C=O) groups is 1. The van der Waals surface area contributed by atoms with Crippen LogP contribution in [0.5, 0.6) is 0 Å². The molecular formula is C13H20O2. The zero-order chi connectivity index (χ0) is 11.6. The van der Waals surface area contributed by atoms with E-state index in [1.165, 1.54) is 5.57 Å². The van der Waals surface area contributed by atoms with Crippen LogP contribution in [0.3, 0.4) is 0 Å². The van der Waals surface area contributed by atoms with Gasteiger partial charge in [-0.1, -0.05) is 25.5 Å². The van der Waals surface area contributed by atoms with Gasteiger partial charge in [-0.05, 0) is 37.2 Å². The molecule has 2 nitrogen and oxygen atoms in total. The third-order valence-corrected chi connectivity index (χ3v) is 3.24. The van der Waals surface area contributed by atoms with Crippen LogP contribution in [0.15, 0.2) is 23.8 Å². The molecule has 0 aromatic heterocycles. The van der Waals surface area contributed by atoms with E-state index in [-0.39, 0.29) is 11.2 Å². The van der Waals surface area contributed by atoms with E-state index in [4.69, 9.17) is 0 Å². The number of rotatable bonds is 3. The molecular weight excluding hydrogens is 188 g/mol. The van der Waals surface area contributed by atoms with Crippen molar-refractivity contribution in [2.24, 2.45) is 5.41 Å². The number of ketones is 1. The van der Waals surface area contributed by atoms with Crippen LogP contribution >= 0.6 is 0 Å². The largest absolute Gasteiger partial charge is 0.385 e. The average Bonchev–Trinajstić information content (AvgIpc) is 2.14. The van der Waals surface area contributed by atoms with Crippen LogP contribution in [0.1, 0.15) is 40.0 Å². The molecule has 0 aromatic carbocycles. The molecule has 0 saturated heterocycles. The molecule has 0 fully saturated rings. The molecule has 1 N–H and O–H groups in total. The van der Waals surface area contributed by atoms with Gasteiger partial charge in [-0.2, -0.15) is 0 Å². The second-order valence-corrected chi connectivity index (χ2v) is 4.90. The molecule has 0 aromatic rings. The topological polar surface area (TPSA) is 37.3 Å². The Bertz CT molecular complexity index is 310. The standard InChI is InChI=1S/C13H20O2/c1-5-6-7-10-9(2)12(15)11(14)8-13(10,3)4/h5,11,14H,1,6-8H2,2-4H3. The van der Waals surface area contributed by atoms with Crippen molar-refractivity contribution in [3.05, 3.63) is 23.8 Å². The smallest absolute Gasteiger partial charge is 0.186 e. The van der Waals surface area contributed by atoms with Crippen LogP contribution in [0.4, 0.5) is 0 Å². The Hall–Kier alpha value is -0.890. The molecule has 0 saturated carbocycles. The summed E-state index contributed by atoms with van der Waals surface area (Å²) in [6.45, 7) is 9.69. The molecule has 2 heteroatoms. The van der Waals surface area contributed by atoms with Crippen LogP contribution in [0.25, 0.3) is 0 Å². The van der Waals surface area contributed by atoms with Crippen LogP contribution in [0, 0.1) is 5.41 Å². The normalized spacial score (nSPS) is 25.6. The molecule has 1 aliphatic rings. The summed E-state index contributed by atoms with van der Waals surface area (Å²) in [6, 6.07) is 0. The lowest BCUT2D eigenvalue weighted by molar-refractivity contribution is -0.125.